The molecular formula is C20H29N3O3. The van der Waals surface area contributed by atoms with E-state index in [1.54, 1.807) is 0 Å². The first-order valence-corrected chi connectivity index (χ1v) is 10.1. The molecule has 0 aromatic carbocycles. The molecule has 1 aromatic heterocycles. The van der Waals surface area contributed by atoms with Crippen molar-refractivity contribution < 1.29 is 14.0 Å². The van der Waals surface area contributed by atoms with E-state index in [-0.39, 0.29) is 17.2 Å². The molecule has 6 nitrogen and oxygen atoms in total. The van der Waals surface area contributed by atoms with Crippen molar-refractivity contribution >= 4 is 11.8 Å². The van der Waals surface area contributed by atoms with Crippen molar-refractivity contribution in [1.82, 2.24) is 14.8 Å². The van der Waals surface area contributed by atoms with Crippen LogP contribution in [0.5, 0.6) is 0 Å². The zero-order valence-corrected chi connectivity index (χ0v) is 15.7. The number of hydrogen-bond acceptors (Lipinski definition) is 4. The number of unbranched alkanes of at least 4 members (excludes halogenated alkanes) is 1. The molecule has 3 aliphatic rings. The molecule has 3 fully saturated rings. The SMILES string of the molecule is CCCCN1CC2(CCCN(C(=O)c3ncoc3C3CC3)C2)CCC1=O. The predicted molar refractivity (Wildman–Crippen MR) is 96.8 cm³/mol. The minimum atomic E-state index is 0.0109. The van der Waals surface area contributed by atoms with Crippen LogP contribution in [-0.2, 0) is 4.79 Å². The summed E-state index contributed by atoms with van der Waals surface area (Å²) in [6, 6.07) is 0. The fourth-order valence-corrected chi connectivity index (χ4v) is 4.57. The third-order valence-electron chi connectivity index (χ3n) is 6.22. The lowest BCUT2D eigenvalue weighted by Crippen LogP contribution is -2.55. The fourth-order valence-electron chi connectivity index (χ4n) is 4.57. The topological polar surface area (TPSA) is 66.7 Å². The van der Waals surface area contributed by atoms with Crippen LogP contribution in [0.25, 0.3) is 0 Å². The van der Waals surface area contributed by atoms with Gasteiger partial charge in [0.25, 0.3) is 5.91 Å². The van der Waals surface area contributed by atoms with Gasteiger partial charge in [-0.1, -0.05) is 13.3 Å². The number of aromatic nitrogens is 1. The van der Waals surface area contributed by atoms with E-state index in [0.29, 0.717) is 18.0 Å². The van der Waals surface area contributed by atoms with E-state index >= 15 is 0 Å². The van der Waals surface area contributed by atoms with E-state index in [9.17, 15) is 9.59 Å². The van der Waals surface area contributed by atoms with E-state index in [4.69, 9.17) is 4.42 Å². The summed E-state index contributed by atoms with van der Waals surface area (Å²) in [6.45, 7) is 5.31. The van der Waals surface area contributed by atoms with Crippen LogP contribution in [0.3, 0.4) is 0 Å². The zero-order valence-electron chi connectivity index (χ0n) is 15.7. The summed E-state index contributed by atoms with van der Waals surface area (Å²) in [5, 5.41) is 0. The standard InChI is InChI=1S/C20H29N3O3/c1-2-3-10-22-12-20(9-7-16(22)24)8-4-11-23(13-20)19(25)17-18(15-5-6-15)26-14-21-17/h14-15H,2-13H2,1H3. The number of carbonyl (C=O) groups excluding carboxylic acids is 2. The summed E-state index contributed by atoms with van der Waals surface area (Å²) in [5.74, 6) is 1.45. The van der Waals surface area contributed by atoms with E-state index in [2.05, 4.69) is 11.9 Å². The highest BCUT2D eigenvalue weighted by Crippen LogP contribution is 2.43. The van der Waals surface area contributed by atoms with Crippen LogP contribution >= 0.6 is 0 Å². The average Bonchev–Trinajstić information content (AvgIpc) is 3.39. The molecule has 1 aliphatic carbocycles. The quantitative estimate of drug-likeness (QED) is 0.810. The van der Waals surface area contributed by atoms with E-state index < -0.39 is 0 Å². The summed E-state index contributed by atoms with van der Waals surface area (Å²) in [6.07, 6.45) is 9.34. The average molecular weight is 359 g/mol. The van der Waals surface area contributed by atoms with Gasteiger partial charge in [0.15, 0.2) is 12.1 Å². The number of piperidine rings is 2. The monoisotopic (exact) mass is 359 g/mol. The van der Waals surface area contributed by atoms with Crippen molar-refractivity contribution in [2.75, 3.05) is 26.2 Å². The number of likely N-dealkylation sites (tertiary alicyclic amines) is 2. The van der Waals surface area contributed by atoms with Crippen LogP contribution in [0.2, 0.25) is 0 Å². The smallest absolute Gasteiger partial charge is 0.276 e. The number of oxazole rings is 1. The van der Waals surface area contributed by atoms with Crippen LogP contribution < -0.4 is 0 Å². The Bertz CT molecular complexity index is 682. The van der Waals surface area contributed by atoms with Crippen LogP contribution in [0, 0.1) is 5.41 Å². The van der Waals surface area contributed by atoms with E-state index in [1.807, 2.05) is 9.80 Å². The molecule has 2 saturated heterocycles. The Kier molecular flexibility index (Phi) is 4.76. The Labute approximate surface area is 154 Å². The van der Waals surface area contributed by atoms with Gasteiger partial charge in [0.1, 0.15) is 5.76 Å². The summed E-state index contributed by atoms with van der Waals surface area (Å²) >= 11 is 0. The lowest BCUT2D eigenvalue weighted by molar-refractivity contribution is -0.139. The number of hydrogen-bond donors (Lipinski definition) is 0. The largest absolute Gasteiger partial charge is 0.447 e. The Hall–Kier alpha value is -1.85. The van der Waals surface area contributed by atoms with E-state index in [1.165, 1.54) is 6.39 Å². The first-order chi connectivity index (χ1) is 12.6. The molecule has 6 heteroatoms. The van der Waals surface area contributed by atoms with E-state index in [0.717, 1.165) is 76.9 Å². The van der Waals surface area contributed by atoms with Crippen molar-refractivity contribution in [3.63, 3.8) is 0 Å². The van der Waals surface area contributed by atoms with Crippen LogP contribution in [0.15, 0.2) is 10.8 Å². The highest BCUT2D eigenvalue weighted by molar-refractivity contribution is 5.93. The molecule has 3 heterocycles. The van der Waals surface area contributed by atoms with Gasteiger partial charge in [0.05, 0.1) is 0 Å². The van der Waals surface area contributed by atoms with Gasteiger partial charge < -0.3 is 14.2 Å². The fraction of sp³-hybridized carbons (Fsp3) is 0.750. The molecule has 2 aliphatic heterocycles. The second kappa shape index (κ2) is 7.05. The maximum absolute atomic E-state index is 13.1. The Balaban J connectivity index is 1.47. The molecule has 1 spiro atoms. The second-order valence-electron chi connectivity index (χ2n) is 8.34. The molecular weight excluding hydrogens is 330 g/mol. The highest BCUT2D eigenvalue weighted by Gasteiger charge is 2.43. The molecule has 4 rings (SSSR count). The summed E-state index contributed by atoms with van der Waals surface area (Å²) in [5.41, 5.74) is 0.568. The third kappa shape index (κ3) is 3.38. The maximum atomic E-state index is 13.1. The first-order valence-electron chi connectivity index (χ1n) is 10.1. The van der Waals surface area contributed by atoms with Crippen molar-refractivity contribution in [2.45, 2.75) is 64.2 Å². The minimum Gasteiger partial charge on any atom is -0.447 e. The molecule has 1 saturated carbocycles. The van der Waals surface area contributed by atoms with Gasteiger partial charge >= 0.3 is 0 Å². The van der Waals surface area contributed by atoms with Crippen LogP contribution in [-0.4, -0.2) is 52.8 Å². The van der Waals surface area contributed by atoms with Gasteiger partial charge in [-0.15, -0.1) is 0 Å². The molecule has 1 aromatic rings. The normalized spacial score (nSPS) is 26.6. The Morgan fingerprint density at radius 2 is 2.19 bits per heavy atom. The molecule has 1 atom stereocenters. The van der Waals surface area contributed by atoms with Crippen LogP contribution in [0.4, 0.5) is 0 Å². The minimum absolute atomic E-state index is 0.0109. The second-order valence-corrected chi connectivity index (χ2v) is 8.34. The van der Waals surface area contributed by atoms with Gasteiger partial charge in [0.2, 0.25) is 5.91 Å². The predicted octanol–water partition coefficient (Wildman–Crippen LogP) is 3.20. The number of rotatable bonds is 5. The Morgan fingerprint density at radius 3 is 2.96 bits per heavy atom. The molecule has 2 amide bonds. The molecule has 0 radical (unpaired) electrons. The zero-order chi connectivity index (χ0) is 18.1. The first kappa shape index (κ1) is 17.6. The molecule has 0 N–H and O–H groups in total. The van der Waals surface area contributed by atoms with Crippen molar-refractivity contribution in [2.24, 2.45) is 5.41 Å². The van der Waals surface area contributed by atoms with Crippen LogP contribution in [0.1, 0.15) is 80.5 Å². The van der Waals surface area contributed by atoms with Crippen molar-refractivity contribution in [3.05, 3.63) is 17.8 Å². The van der Waals surface area contributed by atoms with Gasteiger partial charge in [0, 0.05) is 43.9 Å². The number of amides is 2. The summed E-state index contributed by atoms with van der Waals surface area (Å²) < 4.78 is 5.50. The highest BCUT2D eigenvalue weighted by atomic mass is 16.3. The third-order valence-corrected chi connectivity index (χ3v) is 6.22. The van der Waals surface area contributed by atoms with Gasteiger partial charge in [-0.3, -0.25) is 9.59 Å². The Morgan fingerprint density at radius 1 is 1.35 bits per heavy atom. The molecule has 26 heavy (non-hydrogen) atoms. The summed E-state index contributed by atoms with van der Waals surface area (Å²) in [4.78, 5) is 33.6. The molecule has 142 valence electrons. The lowest BCUT2D eigenvalue weighted by Gasteiger charge is -2.48. The summed E-state index contributed by atoms with van der Waals surface area (Å²) in [7, 11) is 0. The molecule has 0 bridgehead atoms. The van der Waals surface area contributed by atoms with Gasteiger partial charge in [-0.2, -0.15) is 0 Å². The number of carbonyl (C=O) groups is 2. The van der Waals surface area contributed by atoms with Gasteiger partial charge in [-0.05, 0) is 38.5 Å². The molecule has 1 unspecified atom stereocenters. The number of nitrogens with zero attached hydrogens (tertiary/aromatic N) is 3. The lowest BCUT2D eigenvalue weighted by atomic mass is 9.73. The van der Waals surface area contributed by atoms with Crippen molar-refractivity contribution in [3.8, 4) is 0 Å². The van der Waals surface area contributed by atoms with Crippen molar-refractivity contribution in [1.29, 1.82) is 0 Å². The van der Waals surface area contributed by atoms with Gasteiger partial charge in [-0.25, -0.2) is 4.98 Å². The maximum Gasteiger partial charge on any atom is 0.276 e.